The number of nitrogens with zero attached hydrogens (tertiary/aromatic N) is 2. The summed E-state index contributed by atoms with van der Waals surface area (Å²) in [5.74, 6) is 0.637. The highest BCUT2D eigenvalue weighted by Gasteiger charge is 2.34. The van der Waals surface area contributed by atoms with E-state index >= 15 is 0 Å². The number of rotatable bonds is 6. The molecule has 1 saturated carbocycles. The first-order valence-corrected chi connectivity index (χ1v) is 8.37. The number of aromatic nitrogens is 1. The molecule has 1 heterocycles. The molecule has 0 aliphatic heterocycles. The monoisotopic (exact) mass is 332 g/mol. The largest absolute Gasteiger partial charge is 0.497 e. The van der Waals surface area contributed by atoms with Gasteiger partial charge in [0.15, 0.2) is 5.13 Å². The van der Waals surface area contributed by atoms with Gasteiger partial charge in [0.1, 0.15) is 11.4 Å². The third-order valence-corrected chi connectivity index (χ3v) is 4.73. The molecule has 6 nitrogen and oxygen atoms in total. The van der Waals surface area contributed by atoms with Crippen molar-refractivity contribution in [3.8, 4) is 16.2 Å². The summed E-state index contributed by atoms with van der Waals surface area (Å²) < 4.78 is 5.26. The number of thiazole rings is 1. The van der Waals surface area contributed by atoms with Gasteiger partial charge in [-0.3, -0.25) is 4.79 Å². The molecule has 0 spiro atoms. The van der Waals surface area contributed by atoms with Crippen molar-refractivity contribution in [2.75, 3.05) is 25.9 Å². The number of hydrogen-bond acceptors (Lipinski definition) is 6. The van der Waals surface area contributed by atoms with Crippen molar-refractivity contribution in [3.05, 3.63) is 30.0 Å². The molecule has 122 valence electrons. The predicted octanol–water partition coefficient (Wildman–Crippen LogP) is 1.96. The lowest BCUT2D eigenvalue weighted by Crippen LogP contribution is -2.37. The van der Waals surface area contributed by atoms with E-state index in [1.807, 2.05) is 29.2 Å². The van der Waals surface area contributed by atoms with Crippen LogP contribution in [0.25, 0.3) is 10.4 Å². The van der Waals surface area contributed by atoms with E-state index in [9.17, 15) is 4.79 Å². The Morgan fingerprint density at radius 3 is 2.91 bits per heavy atom. The normalized spacial score (nSPS) is 13.8. The van der Waals surface area contributed by atoms with Crippen molar-refractivity contribution in [1.82, 2.24) is 9.88 Å². The standard InChI is InChI=1S/C16H20N4O2S/c1-22-12-4-2-3-10(9-12)14-13(19-16(18)23-14)15(21)20(8-7-17)11-5-6-11/h2-4,9,11H,5-8,17H2,1H3,(H2,18,19). The number of carbonyl (C=O) groups is 1. The minimum Gasteiger partial charge on any atom is -0.497 e. The number of amides is 1. The first kappa shape index (κ1) is 15.8. The van der Waals surface area contributed by atoms with Crippen molar-refractivity contribution in [2.24, 2.45) is 5.73 Å². The quantitative estimate of drug-likeness (QED) is 0.843. The van der Waals surface area contributed by atoms with Crippen LogP contribution in [0.2, 0.25) is 0 Å². The van der Waals surface area contributed by atoms with Gasteiger partial charge in [0.25, 0.3) is 5.91 Å². The van der Waals surface area contributed by atoms with Crippen molar-refractivity contribution in [1.29, 1.82) is 0 Å². The average Bonchev–Trinajstić information content (AvgIpc) is 3.33. The van der Waals surface area contributed by atoms with Crippen LogP contribution in [-0.4, -0.2) is 42.0 Å². The van der Waals surface area contributed by atoms with Gasteiger partial charge < -0.3 is 21.1 Å². The van der Waals surface area contributed by atoms with Crippen LogP contribution in [0.5, 0.6) is 5.75 Å². The van der Waals surface area contributed by atoms with Gasteiger partial charge >= 0.3 is 0 Å². The van der Waals surface area contributed by atoms with Gasteiger partial charge in [-0.2, -0.15) is 0 Å². The number of benzene rings is 1. The lowest BCUT2D eigenvalue weighted by atomic mass is 10.1. The number of nitrogens with two attached hydrogens (primary N) is 2. The Bertz CT molecular complexity index is 712. The third kappa shape index (κ3) is 3.30. The van der Waals surface area contributed by atoms with Crippen molar-refractivity contribution < 1.29 is 9.53 Å². The Balaban J connectivity index is 1.98. The second kappa shape index (κ2) is 6.55. The Labute approximate surface area is 139 Å². The van der Waals surface area contributed by atoms with Crippen LogP contribution < -0.4 is 16.2 Å². The van der Waals surface area contributed by atoms with E-state index in [1.54, 1.807) is 7.11 Å². The van der Waals surface area contributed by atoms with Crippen molar-refractivity contribution in [2.45, 2.75) is 18.9 Å². The summed E-state index contributed by atoms with van der Waals surface area (Å²) >= 11 is 1.31. The molecule has 1 aliphatic carbocycles. The number of hydrogen-bond donors (Lipinski definition) is 2. The maximum absolute atomic E-state index is 12.9. The molecule has 0 bridgehead atoms. The Morgan fingerprint density at radius 1 is 1.48 bits per heavy atom. The summed E-state index contributed by atoms with van der Waals surface area (Å²) in [5.41, 5.74) is 12.8. The average molecular weight is 332 g/mol. The van der Waals surface area contributed by atoms with E-state index in [2.05, 4.69) is 4.98 Å². The first-order valence-electron chi connectivity index (χ1n) is 7.55. The molecule has 2 aromatic rings. The molecule has 1 fully saturated rings. The highest BCUT2D eigenvalue weighted by molar-refractivity contribution is 7.19. The van der Waals surface area contributed by atoms with Crippen LogP contribution in [0.3, 0.4) is 0 Å². The molecule has 4 N–H and O–H groups in total. The van der Waals surface area contributed by atoms with E-state index in [-0.39, 0.29) is 11.9 Å². The Kier molecular flexibility index (Phi) is 4.49. The molecule has 0 atom stereocenters. The lowest BCUT2D eigenvalue weighted by Gasteiger charge is -2.21. The van der Waals surface area contributed by atoms with Gasteiger partial charge in [-0.05, 0) is 30.5 Å². The zero-order valence-electron chi connectivity index (χ0n) is 13.0. The predicted molar refractivity (Wildman–Crippen MR) is 91.6 cm³/mol. The Morgan fingerprint density at radius 2 is 2.26 bits per heavy atom. The van der Waals surface area contributed by atoms with Gasteiger partial charge in [-0.1, -0.05) is 23.5 Å². The summed E-state index contributed by atoms with van der Waals surface area (Å²) in [6.07, 6.45) is 2.06. The van der Waals surface area contributed by atoms with Gasteiger partial charge in [-0.25, -0.2) is 4.98 Å². The summed E-state index contributed by atoms with van der Waals surface area (Å²) in [6.45, 7) is 0.981. The Hall–Kier alpha value is -2.12. The van der Waals surface area contributed by atoms with Crippen LogP contribution in [0.1, 0.15) is 23.3 Å². The molecule has 1 aromatic heterocycles. The number of nitrogen functional groups attached to an aromatic ring is 1. The highest BCUT2D eigenvalue weighted by atomic mass is 32.1. The van der Waals surface area contributed by atoms with Crippen LogP contribution in [-0.2, 0) is 0 Å². The summed E-state index contributed by atoms with van der Waals surface area (Å²) in [4.78, 5) is 19.8. The minimum atomic E-state index is -0.0938. The van der Waals surface area contributed by atoms with E-state index < -0.39 is 0 Å². The molecule has 1 amide bonds. The third-order valence-electron chi connectivity index (χ3n) is 3.80. The summed E-state index contributed by atoms with van der Waals surface area (Å²) in [7, 11) is 1.61. The fourth-order valence-corrected chi connectivity index (χ4v) is 3.37. The fourth-order valence-electron chi connectivity index (χ4n) is 2.55. The minimum absolute atomic E-state index is 0.0938. The van der Waals surface area contributed by atoms with Gasteiger partial charge in [0, 0.05) is 19.1 Å². The smallest absolute Gasteiger partial charge is 0.274 e. The second-order valence-electron chi connectivity index (χ2n) is 5.48. The topological polar surface area (TPSA) is 94.5 Å². The maximum atomic E-state index is 12.9. The molecule has 3 rings (SSSR count). The van der Waals surface area contributed by atoms with Gasteiger partial charge in [0.2, 0.25) is 0 Å². The van der Waals surface area contributed by atoms with Crippen LogP contribution in [0.4, 0.5) is 5.13 Å². The number of ether oxygens (including phenoxy) is 1. The van der Waals surface area contributed by atoms with Crippen LogP contribution >= 0.6 is 11.3 Å². The first-order chi connectivity index (χ1) is 11.1. The zero-order valence-corrected chi connectivity index (χ0v) is 13.8. The molecule has 23 heavy (non-hydrogen) atoms. The SMILES string of the molecule is COc1cccc(-c2sc(N)nc2C(=O)N(CCN)C2CC2)c1. The zero-order chi connectivity index (χ0) is 16.4. The van der Waals surface area contributed by atoms with Crippen LogP contribution in [0.15, 0.2) is 24.3 Å². The van der Waals surface area contributed by atoms with Gasteiger partial charge in [0.05, 0.1) is 12.0 Å². The van der Waals surface area contributed by atoms with Gasteiger partial charge in [-0.15, -0.1) is 0 Å². The van der Waals surface area contributed by atoms with Crippen LogP contribution in [0, 0.1) is 0 Å². The molecule has 0 unspecified atom stereocenters. The molecule has 0 saturated heterocycles. The number of methoxy groups -OCH3 is 1. The second-order valence-corrected chi connectivity index (χ2v) is 6.51. The molecule has 1 aromatic carbocycles. The number of carbonyl (C=O) groups excluding carboxylic acids is 1. The van der Waals surface area contributed by atoms with Crippen molar-refractivity contribution >= 4 is 22.4 Å². The molecule has 0 radical (unpaired) electrons. The lowest BCUT2D eigenvalue weighted by molar-refractivity contribution is 0.0744. The maximum Gasteiger partial charge on any atom is 0.274 e. The van der Waals surface area contributed by atoms with E-state index in [4.69, 9.17) is 16.2 Å². The van der Waals surface area contributed by atoms with E-state index in [0.29, 0.717) is 23.9 Å². The molecular formula is C16H20N4O2S. The molecular weight excluding hydrogens is 312 g/mol. The summed E-state index contributed by atoms with van der Waals surface area (Å²) in [5, 5.41) is 0.384. The van der Waals surface area contributed by atoms with E-state index in [1.165, 1.54) is 11.3 Å². The fraction of sp³-hybridized carbons (Fsp3) is 0.375. The number of anilines is 1. The summed E-state index contributed by atoms with van der Waals surface area (Å²) in [6, 6.07) is 7.84. The molecule has 1 aliphatic rings. The van der Waals surface area contributed by atoms with Crippen molar-refractivity contribution in [3.63, 3.8) is 0 Å². The highest BCUT2D eigenvalue weighted by Crippen LogP contribution is 2.36. The van der Waals surface area contributed by atoms with E-state index in [0.717, 1.165) is 29.0 Å². The molecule has 7 heteroatoms.